The second kappa shape index (κ2) is 5.36. The number of anilines is 1. The normalized spacial score (nSPS) is 13.6. The van der Waals surface area contributed by atoms with Crippen LogP contribution < -0.4 is 9.64 Å². The Morgan fingerprint density at radius 3 is 2.79 bits per heavy atom. The summed E-state index contributed by atoms with van der Waals surface area (Å²) in [6.45, 7) is 0.975. The highest BCUT2D eigenvalue weighted by Crippen LogP contribution is 2.38. The van der Waals surface area contributed by atoms with Crippen LogP contribution in [0.4, 0.5) is 11.4 Å². The Balaban J connectivity index is 2.34. The fraction of sp³-hybridized carbons (Fsp3) is 0.462. The molecule has 6 heteroatoms. The molecule has 1 aromatic rings. The third-order valence-corrected chi connectivity index (χ3v) is 3.13. The fourth-order valence-electron chi connectivity index (χ4n) is 2.25. The van der Waals surface area contributed by atoms with Crippen molar-refractivity contribution in [3.63, 3.8) is 0 Å². The van der Waals surface area contributed by atoms with Gasteiger partial charge in [-0.1, -0.05) is 0 Å². The fourth-order valence-corrected chi connectivity index (χ4v) is 2.25. The SMILES string of the molecule is COc1cc2c(cc1N=O)N(C(=O)CN(C)C)CC2. The van der Waals surface area contributed by atoms with E-state index in [1.54, 1.807) is 17.0 Å². The third-order valence-electron chi connectivity index (χ3n) is 3.13. The summed E-state index contributed by atoms with van der Waals surface area (Å²) in [5.41, 5.74) is 2.00. The van der Waals surface area contributed by atoms with Gasteiger partial charge in [-0.05, 0) is 43.4 Å². The van der Waals surface area contributed by atoms with E-state index in [2.05, 4.69) is 5.18 Å². The number of hydrogen-bond donors (Lipinski definition) is 0. The lowest BCUT2D eigenvalue weighted by Gasteiger charge is -2.20. The molecule has 0 fully saturated rings. The molecule has 0 aliphatic carbocycles. The van der Waals surface area contributed by atoms with Gasteiger partial charge in [-0.25, -0.2) is 0 Å². The minimum Gasteiger partial charge on any atom is -0.494 e. The number of rotatable bonds is 4. The van der Waals surface area contributed by atoms with Crippen molar-refractivity contribution in [2.75, 3.05) is 39.2 Å². The Hall–Kier alpha value is -1.95. The van der Waals surface area contributed by atoms with Gasteiger partial charge >= 0.3 is 0 Å². The first-order valence-corrected chi connectivity index (χ1v) is 6.06. The maximum atomic E-state index is 12.1. The van der Waals surface area contributed by atoms with Crippen molar-refractivity contribution in [3.8, 4) is 5.75 Å². The Bertz CT molecular complexity index is 514. The highest BCUT2D eigenvalue weighted by Gasteiger charge is 2.26. The van der Waals surface area contributed by atoms with Crippen molar-refractivity contribution >= 4 is 17.3 Å². The van der Waals surface area contributed by atoms with Gasteiger partial charge in [0.15, 0.2) is 5.69 Å². The molecular formula is C13H17N3O3. The van der Waals surface area contributed by atoms with Crippen LogP contribution in [0, 0.1) is 4.91 Å². The van der Waals surface area contributed by atoms with Gasteiger partial charge in [0, 0.05) is 12.2 Å². The predicted octanol–water partition coefficient (Wildman–Crippen LogP) is 1.54. The molecule has 1 aliphatic heterocycles. The molecule has 0 N–H and O–H groups in total. The number of carbonyl (C=O) groups is 1. The third kappa shape index (κ3) is 2.58. The summed E-state index contributed by atoms with van der Waals surface area (Å²) in [5.74, 6) is 0.474. The molecule has 0 radical (unpaired) electrons. The monoisotopic (exact) mass is 263 g/mol. The first-order chi connectivity index (χ1) is 9.06. The average Bonchev–Trinajstić information content (AvgIpc) is 2.78. The standard InChI is InChI=1S/C13H17N3O3/c1-15(2)8-13(17)16-5-4-9-6-12(19-3)10(14-18)7-11(9)16/h6-7H,4-5,8H2,1-3H3. The Morgan fingerprint density at radius 2 is 2.21 bits per heavy atom. The van der Waals surface area contributed by atoms with Crippen LogP contribution in [0.3, 0.4) is 0 Å². The molecule has 1 aromatic carbocycles. The van der Waals surface area contributed by atoms with Crippen LogP contribution in [-0.2, 0) is 11.2 Å². The van der Waals surface area contributed by atoms with E-state index in [4.69, 9.17) is 4.74 Å². The number of carbonyl (C=O) groups excluding carboxylic acids is 1. The van der Waals surface area contributed by atoms with Gasteiger partial charge in [0.2, 0.25) is 5.91 Å². The van der Waals surface area contributed by atoms with Crippen LogP contribution >= 0.6 is 0 Å². The number of benzene rings is 1. The summed E-state index contributed by atoms with van der Waals surface area (Å²) in [7, 11) is 5.20. The summed E-state index contributed by atoms with van der Waals surface area (Å²) in [6.07, 6.45) is 0.768. The van der Waals surface area contributed by atoms with Gasteiger partial charge in [-0.3, -0.25) is 4.79 Å². The van der Waals surface area contributed by atoms with E-state index in [9.17, 15) is 9.70 Å². The molecule has 0 atom stereocenters. The van der Waals surface area contributed by atoms with E-state index < -0.39 is 0 Å². The van der Waals surface area contributed by atoms with Crippen molar-refractivity contribution in [1.29, 1.82) is 0 Å². The summed E-state index contributed by atoms with van der Waals surface area (Å²) in [5, 5.41) is 2.95. The van der Waals surface area contributed by atoms with Crippen molar-refractivity contribution < 1.29 is 9.53 Å². The lowest BCUT2D eigenvalue weighted by molar-refractivity contribution is -0.119. The molecule has 0 bridgehead atoms. The van der Waals surface area contributed by atoms with E-state index >= 15 is 0 Å². The molecule has 6 nitrogen and oxygen atoms in total. The summed E-state index contributed by atoms with van der Waals surface area (Å²) < 4.78 is 5.12. The Kier molecular flexibility index (Phi) is 3.80. The molecule has 102 valence electrons. The molecule has 19 heavy (non-hydrogen) atoms. The largest absolute Gasteiger partial charge is 0.494 e. The number of nitrogens with zero attached hydrogens (tertiary/aromatic N) is 3. The van der Waals surface area contributed by atoms with Crippen molar-refractivity contribution in [2.45, 2.75) is 6.42 Å². The van der Waals surface area contributed by atoms with Crippen molar-refractivity contribution in [3.05, 3.63) is 22.6 Å². The number of nitroso groups, excluding NO2 is 1. The number of likely N-dealkylation sites (N-methyl/N-ethyl adjacent to an activating group) is 1. The molecule has 0 saturated carbocycles. The zero-order valence-electron chi connectivity index (χ0n) is 11.3. The van der Waals surface area contributed by atoms with Crippen molar-refractivity contribution in [2.24, 2.45) is 5.18 Å². The quantitative estimate of drug-likeness (QED) is 0.773. The highest BCUT2D eigenvalue weighted by molar-refractivity contribution is 5.97. The second-order valence-corrected chi connectivity index (χ2v) is 4.78. The molecule has 1 heterocycles. The lowest BCUT2D eigenvalue weighted by atomic mass is 10.1. The molecular weight excluding hydrogens is 246 g/mol. The number of hydrogen-bond acceptors (Lipinski definition) is 5. The zero-order valence-corrected chi connectivity index (χ0v) is 11.3. The molecule has 0 saturated heterocycles. The molecule has 0 unspecified atom stereocenters. The molecule has 2 rings (SSSR count). The minimum atomic E-state index is 0.0192. The van der Waals surface area contributed by atoms with Crippen LogP contribution in [0.1, 0.15) is 5.56 Å². The lowest BCUT2D eigenvalue weighted by Crippen LogP contribution is -2.36. The Labute approximate surface area is 111 Å². The summed E-state index contributed by atoms with van der Waals surface area (Å²) in [6, 6.07) is 3.41. The van der Waals surface area contributed by atoms with Crippen LogP contribution in [0.25, 0.3) is 0 Å². The smallest absolute Gasteiger partial charge is 0.241 e. The Morgan fingerprint density at radius 1 is 1.47 bits per heavy atom. The first kappa shape index (κ1) is 13.5. The van der Waals surface area contributed by atoms with Gasteiger partial charge in [0.1, 0.15) is 5.75 Å². The van der Waals surface area contributed by atoms with Crippen LogP contribution in [0.15, 0.2) is 17.3 Å². The minimum absolute atomic E-state index is 0.0192. The number of methoxy groups -OCH3 is 1. The molecule has 0 spiro atoms. The van der Waals surface area contributed by atoms with Gasteiger partial charge in [-0.15, -0.1) is 4.91 Å². The van der Waals surface area contributed by atoms with Crippen LogP contribution in [0.2, 0.25) is 0 Å². The van der Waals surface area contributed by atoms with Gasteiger partial charge in [0.05, 0.1) is 13.7 Å². The molecule has 1 aliphatic rings. The maximum Gasteiger partial charge on any atom is 0.241 e. The van der Waals surface area contributed by atoms with Crippen LogP contribution in [0.5, 0.6) is 5.75 Å². The summed E-state index contributed by atoms with van der Waals surface area (Å²) >= 11 is 0. The van der Waals surface area contributed by atoms with Crippen LogP contribution in [-0.4, -0.2) is 45.1 Å². The highest BCUT2D eigenvalue weighted by atomic mass is 16.5. The second-order valence-electron chi connectivity index (χ2n) is 4.78. The van der Waals surface area contributed by atoms with E-state index in [1.807, 2.05) is 19.0 Å². The topological polar surface area (TPSA) is 62.2 Å². The van der Waals surface area contributed by atoms with E-state index in [1.165, 1.54) is 7.11 Å². The predicted molar refractivity (Wildman–Crippen MR) is 73.1 cm³/mol. The zero-order chi connectivity index (χ0) is 14.0. The molecule has 0 aromatic heterocycles. The molecule has 1 amide bonds. The van der Waals surface area contributed by atoms with E-state index in [-0.39, 0.29) is 11.6 Å². The average molecular weight is 263 g/mol. The van der Waals surface area contributed by atoms with Gasteiger partial charge in [-0.2, -0.15) is 0 Å². The maximum absolute atomic E-state index is 12.1. The van der Waals surface area contributed by atoms with E-state index in [0.717, 1.165) is 17.7 Å². The number of ether oxygens (including phenoxy) is 1. The number of amides is 1. The van der Waals surface area contributed by atoms with Gasteiger partial charge < -0.3 is 14.5 Å². The van der Waals surface area contributed by atoms with Crippen molar-refractivity contribution in [1.82, 2.24) is 4.90 Å². The number of fused-ring (bicyclic) bond motifs is 1. The summed E-state index contributed by atoms with van der Waals surface area (Å²) in [4.78, 5) is 26.4. The van der Waals surface area contributed by atoms with Gasteiger partial charge in [0.25, 0.3) is 0 Å². The van der Waals surface area contributed by atoms with E-state index in [0.29, 0.717) is 18.8 Å². The first-order valence-electron chi connectivity index (χ1n) is 6.06.